The monoisotopic (exact) mass is 267 g/mol. The number of benzene rings is 1. The van der Waals surface area contributed by atoms with Gasteiger partial charge < -0.3 is 5.73 Å². The second-order valence-electron chi connectivity index (χ2n) is 6.00. The van der Waals surface area contributed by atoms with Crippen molar-refractivity contribution in [2.75, 3.05) is 0 Å². The molecule has 1 saturated carbocycles. The van der Waals surface area contributed by atoms with E-state index in [1.165, 1.54) is 16.7 Å². The fourth-order valence-corrected chi connectivity index (χ4v) is 2.89. The summed E-state index contributed by atoms with van der Waals surface area (Å²) in [6, 6.07) is 8.89. The Morgan fingerprint density at radius 3 is 2.45 bits per heavy atom. The van der Waals surface area contributed by atoms with E-state index in [2.05, 4.69) is 43.1 Å². The van der Waals surface area contributed by atoms with Gasteiger partial charge >= 0.3 is 0 Å². The lowest BCUT2D eigenvalue weighted by molar-refractivity contribution is 0.338. The predicted octanol–water partition coefficient (Wildman–Crippen LogP) is 3.27. The minimum Gasteiger partial charge on any atom is -0.328 e. The molecule has 2 N–H and O–H groups in total. The molecule has 1 fully saturated rings. The van der Waals surface area contributed by atoms with Crippen LogP contribution < -0.4 is 5.73 Å². The van der Waals surface area contributed by atoms with E-state index >= 15 is 0 Å². The second-order valence-corrected chi connectivity index (χ2v) is 6.00. The largest absolute Gasteiger partial charge is 0.328 e. The standard InChI is InChI=1S/C17H21N3/c1-10-4-5-15(11(2)6-10)16-7-12(3)19-17(20-16)13-8-14(18)9-13/h4-7,13-14H,8-9,18H2,1-3H3. The van der Waals surface area contributed by atoms with Crippen LogP contribution in [0.4, 0.5) is 0 Å². The highest BCUT2D eigenvalue weighted by atomic mass is 14.9. The zero-order valence-electron chi connectivity index (χ0n) is 12.4. The van der Waals surface area contributed by atoms with Crippen molar-refractivity contribution >= 4 is 0 Å². The molecule has 0 bridgehead atoms. The average molecular weight is 267 g/mol. The Balaban J connectivity index is 2.01. The quantitative estimate of drug-likeness (QED) is 0.908. The van der Waals surface area contributed by atoms with Crippen LogP contribution in [0.15, 0.2) is 24.3 Å². The average Bonchev–Trinajstić information content (AvgIpc) is 2.34. The molecule has 0 unspecified atom stereocenters. The van der Waals surface area contributed by atoms with E-state index in [1.807, 2.05) is 6.92 Å². The summed E-state index contributed by atoms with van der Waals surface area (Å²) in [7, 11) is 0. The molecule has 0 radical (unpaired) electrons. The Kier molecular flexibility index (Phi) is 3.30. The van der Waals surface area contributed by atoms with Gasteiger partial charge in [-0.15, -0.1) is 0 Å². The Hall–Kier alpha value is -1.74. The molecule has 1 aliphatic carbocycles. The van der Waals surface area contributed by atoms with Crippen LogP contribution in [-0.2, 0) is 0 Å². The van der Waals surface area contributed by atoms with Crippen molar-refractivity contribution in [1.82, 2.24) is 9.97 Å². The predicted molar refractivity (Wildman–Crippen MR) is 81.6 cm³/mol. The maximum atomic E-state index is 5.88. The minimum atomic E-state index is 0.327. The van der Waals surface area contributed by atoms with Crippen LogP contribution in [0.5, 0.6) is 0 Å². The van der Waals surface area contributed by atoms with Gasteiger partial charge in [-0.1, -0.05) is 23.8 Å². The number of hydrogen-bond acceptors (Lipinski definition) is 3. The van der Waals surface area contributed by atoms with Crippen molar-refractivity contribution in [3.05, 3.63) is 46.9 Å². The molecule has 0 spiro atoms. The summed E-state index contributed by atoms with van der Waals surface area (Å²) in [6.45, 7) is 6.29. The van der Waals surface area contributed by atoms with Crippen molar-refractivity contribution in [2.45, 2.75) is 45.6 Å². The van der Waals surface area contributed by atoms with Gasteiger partial charge in [0.15, 0.2) is 0 Å². The van der Waals surface area contributed by atoms with E-state index in [-0.39, 0.29) is 0 Å². The Morgan fingerprint density at radius 2 is 1.80 bits per heavy atom. The SMILES string of the molecule is Cc1ccc(-c2cc(C)nc(C3CC(N)C3)n2)c(C)c1. The number of hydrogen-bond donors (Lipinski definition) is 1. The smallest absolute Gasteiger partial charge is 0.132 e. The van der Waals surface area contributed by atoms with Gasteiger partial charge in [0.05, 0.1) is 5.69 Å². The highest BCUT2D eigenvalue weighted by molar-refractivity contribution is 5.64. The summed E-state index contributed by atoms with van der Waals surface area (Å²) in [5.41, 5.74) is 11.7. The van der Waals surface area contributed by atoms with Crippen LogP contribution in [0.25, 0.3) is 11.3 Å². The fourth-order valence-electron chi connectivity index (χ4n) is 2.89. The minimum absolute atomic E-state index is 0.327. The van der Waals surface area contributed by atoms with Crippen molar-refractivity contribution in [3.8, 4) is 11.3 Å². The molecular weight excluding hydrogens is 246 g/mol. The van der Waals surface area contributed by atoms with Gasteiger partial charge in [-0.2, -0.15) is 0 Å². The number of aryl methyl sites for hydroxylation is 3. The summed E-state index contributed by atoms with van der Waals surface area (Å²) >= 11 is 0. The summed E-state index contributed by atoms with van der Waals surface area (Å²) in [6.07, 6.45) is 2.02. The molecule has 1 aromatic carbocycles. The van der Waals surface area contributed by atoms with Gasteiger partial charge in [0, 0.05) is 23.2 Å². The first-order chi connectivity index (χ1) is 9.52. The zero-order chi connectivity index (χ0) is 14.3. The van der Waals surface area contributed by atoms with E-state index in [0.717, 1.165) is 30.1 Å². The maximum Gasteiger partial charge on any atom is 0.132 e. The van der Waals surface area contributed by atoms with E-state index < -0.39 is 0 Å². The van der Waals surface area contributed by atoms with Crippen molar-refractivity contribution < 1.29 is 0 Å². The van der Waals surface area contributed by atoms with Gasteiger partial charge in [0.2, 0.25) is 0 Å². The van der Waals surface area contributed by atoms with Crippen LogP contribution in [0.2, 0.25) is 0 Å². The molecule has 3 nitrogen and oxygen atoms in total. The molecule has 20 heavy (non-hydrogen) atoms. The first-order valence-electron chi connectivity index (χ1n) is 7.21. The lowest BCUT2D eigenvalue weighted by Crippen LogP contribution is -2.35. The molecule has 0 atom stereocenters. The highest BCUT2D eigenvalue weighted by Crippen LogP contribution is 2.35. The number of aromatic nitrogens is 2. The van der Waals surface area contributed by atoms with Crippen LogP contribution in [-0.4, -0.2) is 16.0 Å². The van der Waals surface area contributed by atoms with Crippen LogP contribution in [0.3, 0.4) is 0 Å². The number of rotatable bonds is 2. The van der Waals surface area contributed by atoms with Crippen molar-refractivity contribution in [3.63, 3.8) is 0 Å². The third kappa shape index (κ3) is 2.46. The van der Waals surface area contributed by atoms with E-state index in [0.29, 0.717) is 12.0 Å². The topological polar surface area (TPSA) is 51.8 Å². The van der Waals surface area contributed by atoms with Crippen LogP contribution in [0.1, 0.15) is 41.4 Å². The third-order valence-corrected chi connectivity index (χ3v) is 4.07. The summed E-state index contributed by atoms with van der Waals surface area (Å²) < 4.78 is 0. The van der Waals surface area contributed by atoms with Crippen molar-refractivity contribution in [2.24, 2.45) is 5.73 Å². The normalized spacial score (nSPS) is 21.6. The second kappa shape index (κ2) is 4.98. The van der Waals surface area contributed by atoms with Crippen LogP contribution in [0, 0.1) is 20.8 Å². The molecule has 0 amide bonds. The highest BCUT2D eigenvalue weighted by Gasteiger charge is 2.30. The Labute approximate surface area is 120 Å². The summed E-state index contributed by atoms with van der Waals surface area (Å²) in [4.78, 5) is 9.38. The van der Waals surface area contributed by atoms with Gasteiger partial charge in [0.25, 0.3) is 0 Å². The summed E-state index contributed by atoms with van der Waals surface area (Å²) in [5, 5.41) is 0. The van der Waals surface area contributed by atoms with E-state index in [9.17, 15) is 0 Å². The fraction of sp³-hybridized carbons (Fsp3) is 0.412. The third-order valence-electron chi connectivity index (χ3n) is 4.07. The van der Waals surface area contributed by atoms with E-state index in [4.69, 9.17) is 10.7 Å². The zero-order valence-corrected chi connectivity index (χ0v) is 12.4. The molecule has 0 saturated heterocycles. The first-order valence-corrected chi connectivity index (χ1v) is 7.21. The molecule has 0 aliphatic heterocycles. The number of nitrogens with zero attached hydrogens (tertiary/aromatic N) is 2. The first kappa shape index (κ1) is 13.3. The van der Waals surface area contributed by atoms with Gasteiger partial charge in [-0.05, 0) is 45.2 Å². The van der Waals surface area contributed by atoms with E-state index in [1.54, 1.807) is 0 Å². The molecule has 1 aliphatic rings. The molecule has 3 rings (SSSR count). The van der Waals surface area contributed by atoms with Crippen molar-refractivity contribution in [1.29, 1.82) is 0 Å². The van der Waals surface area contributed by atoms with Crippen LogP contribution >= 0.6 is 0 Å². The Morgan fingerprint density at radius 1 is 1.05 bits per heavy atom. The lowest BCUT2D eigenvalue weighted by Gasteiger charge is -2.31. The van der Waals surface area contributed by atoms with Gasteiger partial charge in [0.1, 0.15) is 5.82 Å². The molecular formula is C17H21N3. The van der Waals surface area contributed by atoms with Gasteiger partial charge in [-0.25, -0.2) is 9.97 Å². The molecule has 1 aromatic heterocycles. The lowest BCUT2D eigenvalue weighted by atomic mass is 9.80. The molecule has 104 valence electrons. The van der Waals surface area contributed by atoms with Gasteiger partial charge in [-0.3, -0.25) is 0 Å². The number of nitrogens with two attached hydrogens (primary N) is 1. The Bertz CT molecular complexity index is 643. The molecule has 3 heteroatoms. The summed E-state index contributed by atoms with van der Waals surface area (Å²) in [5.74, 6) is 1.40. The maximum absolute atomic E-state index is 5.88. The molecule has 1 heterocycles. The molecule has 2 aromatic rings.